The Balaban J connectivity index is 1.94. The topological polar surface area (TPSA) is 77.5 Å². The fourth-order valence-electron chi connectivity index (χ4n) is 2.32. The SMILES string of the molecule is C#CCn1c(=NC(=O)C=Cc2ccc([N+](=O)[O-])s2)sc2cc(C)ccc21. The van der Waals surface area contributed by atoms with Crippen LogP contribution < -0.4 is 4.80 Å². The molecule has 0 aliphatic carbocycles. The number of aryl methyl sites for hydroxylation is 1. The molecule has 1 amide bonds. The Morgan fingerprint density at radius 1 is 1.38 bits per heavy atom. The van der Waals surface area contributed by atoms with E-state index in [2.05, 4.69) is 10.9 Å². The molecule has 2 aromatic heterocycles. The lowest BCUT2D eigenvalue weighted by atomic mass is 10.2. The summed E-state index contributed by atoms with van der Waals surface area (Å²) in [4.78, 5) is 27.7. The number of hydrogen-bond acceptors (Lipinski definition) is 5. The molecule has 0 saturated carbocycles. The summed E-state index contributed by atoms with van der Waals surface area (Å²) in [7, 11) is 0. The smallest absolute Gasteiger partial charge is 0.305 e. The van der Waals surface area contributed by atoms with Crippen LogP contribution in [0.1, 0.15) is 10.4 Å². The van der Waals surface area contributed by atoms with E-state index in [0.717, 1.165) is 27.1 Å². The maximum Gasteiger partial charge on any atom is 0.324 e. The van der Waals surface area contributed by atoms with Crippen molar-refractivity contribution in [2.24, 2.45) is 4.99 Å². The van der Waals surface area contributed by atoms with Crippen LogP contribution in [0.2, 0.25) is 0 Å². The number of terminal acetylenes is 1. The molecule has 130 valence electrons. The number of aromatic nitrogens is 1. The molecule has 3 aromatic rings. The lowest BCUT2D eigenvalue weighted by molar-refractivity contribution is -0.380. The Bertz CT molecular complexity index is 1140. The third kappa shape index (κ3) is 3.79. The van der Waals surface area contributed by atoms with Gasteiger partial charge in [0, 0.05) is 17.0 Å². The fraction of sp³-hybridized carbons (Fsp3) is 0.111. The second kappa shape index (κ2) is 7.47. The molecule has 3 rings (SSSR count). The van der Waals surface area contributed by atoms with E-state index in [1.54, 1.807) is 6.07 Å². The van der Waals surface area contributed by atoms with Crippen molar-refractivity contribution in [2.45, 2.75) is 13.5 Å². The average molecular weight is 383 g/mol. The third-order valence-corrected chi connectivity index (χ3v) is 5.52. The quantitative estimate of drug-likeness (QED) is 0.298. The molecule has 0 aliphatic heterocycles. The summed E-state index contributed by atoms with van der Waals surface area (Å²) in [6.07, 6.45) is 8.26. The summed E-state index contributed by atoms with van der Waals surface area (Å²) in [5.41, 5.74) is 2.05. The largest absolute Gasteiger partial charge is 0.324 e. The molecule has 0 radical (unpaired) electrons. The Labute approximate surface area is 156 Å². The van der Waals surface area contributed by atoms with Gasteiger partial charge in [-0.2, -0.15) is 4.99 Å². The van der Waals surface area contributed by atoms with Crippen molar-refractivity contribution in [1.82, 2.24) is 4.57 Å². The van der Waals surface area contributed by atoms with Crippen molar-refractivity contribution in [3.63, 3.8) is 0 Å². The molecule has 0 spiro atoms. The Morgan fingerprint density at radius 2 is 2.19 bits per heavy atom. The number of thiazole rings is 1. The van der Waals surface area contributed by atoms with Gasteiger partial charge in [0.1, 0.15) is 0 Å². The summed E-state index contributed by atoms with van der Waals surface area (Å²) < 4.78 is 2.82. The number of rotatable bonds is 4. The highest BCUT2D eigenvalue weighted by atomic mass is 32.1. The van der Waals surface area contributed by atoms with Gasteiger partial charge in [-0.15, -0.1) is 6.42 Å². The summed E-state index contributed by atoms with van der Waals surface area (Å²) in [6.45, 7) is 2.31. The van der Waals surface area contributed by atoms with Gasteiger partial charge in [-0.05, 0) is 36.8 Å². The summed E-state index contributed by atoms with van der Waals surface area (Å²) in [5, 5.41) is 10.7. The van der Waals surface area contributed by atoms with Gasteiger partial charge in [0.2, 0.25) is 0 Å². The van der Waals surface area contributed by atoms with Crippen molar-refractivity contribution in [3.05, 3.63) is 61.8 Å². The van der Waals surface area contributed by atoms with E-state index >= 15 is 0 Å². The van der Waals surface area contributed by atoms with Gasteiger partial charge in [0.05, 0.1) is 21.7 Å². The number of benzene rings is 1. The van der Waals surface area contributed by atoms with Gasteiger partial charge in [-0.3, -0.25) is 14.9 Å². The lowest BCUT2D eigenvalue weighted by Gasteiger charge is -1.99. The molecule has 26 heavy (non-hydrogen) atoms. The van der Waals surface area contributed by atoms with E-state index in [4.69, 9.17) is 6.42 Å². The van der Waals surface area contributed by atoms with Crippen LogP contribution in [0.3, 0.4) is 0 Å². The predicted molar refractivity (Wildman–Crippen MR) is 104 cm³/mol. The number of fused-ring (bicyclic) bond motifs is 1. The number of nitro groups is 1. The monoisotopic (exact) mass is 383 g/mol. The lowest BCUT2D eigenvalue weighted by Crippen LogP contribution is -2.15. The van der Waals surface area contributed by atoms with Crippen LogP contribution in [0.5, 0.6) is 0 Å². The fourth-order valence-corrected chi connectivity index (χ4v) is 4.18. The summed E-state index contributed by atoms with van der Waals surface area (Å²) >= 11 is 2.39. The van der Waals surface area contributed by atoms with Crippen LogP contribution in [0.15, 0.2) is 41.4 Å². The van der Waals surface area contributed by atoms with E-state index in [0.29, 0.717) is 16.2 Å². The number of carbonyl (C=O) groups excluding carboxylic acids is 1. The van der Waals surface area contributed by atoms with Crippen LogP contribution in [0.25, 0.3) is 16.3 Å². The van der Waals surface area contributed by atoms with Gasteiger partial charge in [-0.1, -0.05) is 34.7 Å². The van der Waals surface area contributed by atoms with Crippen LogP contribution in [-0.4, -0.2) is 15.4 Å². The van der Waals surface area contributed by atoms with Gasteiger partial charge in [0.25, 0.3) is 5.91 Å². The van der Waals surface area contributed by atoms with Crippen molar-refractivity contribution >= 4 is 49.9 Å². The van der Waals surface area contributed by atoms with Crippen molar-refractivity contribution in [2.75, 3.05) is 0 Å². The van der Waals surface area contributed by atoms with Crippen LogP contribution >= 0.6 is 22.7 Å². The van der Waals surface area contributed by atoms with Crippen LogP contribution in [0.4, 0.5) is 5.00 Å². The maximum atomic E-state index is 12.2. The standard InChI is InChI=1S/C18H13N3O3S2/c1-3-10-20-14-7-4-12(2)11-15(14)26-18(20)19-16(22)8-5-13-6-9-17(25-13)21(23)24/h1,4-9,11H,10H2,2H3. The number of amides is 1. The zero-order valence-electron chi connectivity index (χ0n) is 13.7. The average Bonchev–Trinajstić information content (AvgIpc) is 3.19. The molecular weight excluding hydrogens is 370 g/mol. The second-order valence-corrected chi connectivity index (χ2v) is 7.47. The summed E-state index contributed by atoms with van der Waals surface area (Å²) in [6, 6.07) is 8.96. The highest BCUT2D eigenvalue weighted by Crippen LogP contribution is 2.24. The molecule has 1 aromatic carbocycles. The minimum absolute atomic E-state index is 0.0285. The Kier molecular flexibility index (Phi) is 5.11. The molecule has 0 bridgehead atoms. The normalized spacial score (nSPS) is 11.9. The second-order valence-electron chi connectivity index (χ2n) is 5.36. The number of nitrogens with zero attached hydrogens (tertiary/aromatic N) is 3. The van der Waals surface area contributed by atoms with E-state index in [9.17, 15) is 14.9 Å². The van der Waals surface area contributed by atoms with Crippen molar-refractivity contribution < 1.29 is 9.72 Å². The van der Waals surface area contributed by atoms with Gasteiger partial charge in [-0.25, -0.2) is 0 Å². The zero-order chi connectivity index (χ0) is 18.7. The molecule has 0 fully saturated rings. The zero-order valence-corrected chi connectivity index (χ0v) is 15.3. The van der Waals surface area contributed by atoms with Crippen molar-refractivity contribution in [1.29, 1.82) is 0 Å². The highest BCUT2D eigenvalue weighted by Gasteiger charge is 2.09. The minimum atomic E-state index is -0.462. The van der Waals surface area contributed by atoms with E-state index in [1.807, 2.05) is 29.7 Å². The molecule has 0 aliphatic rings. The maximum absolute atomic E-state index is 12.2. The molecule has 8 heteroatoms. The van der Waals surface area contributed by atoms with Crippen LogP contribution in [-0.2, 0) is 11.3 Å². The number of thiophene rings is 1. The molecule has 0 N–H and O–H groups in total. The Morgan fingerprint density at radius 3 is 2.88 bits per heavy atom. The van der Waals surface area contributed by atoms with Crippen LogP contribution in [0, 0.1) is 29.4 Å². The molecule has 2 heterocycles. The molecule has 0 atom stereocenters. The molecule has 0 saturated heterocycles. The minimum Gasteiger partial charge on any atom is -0.305 e. The first-order chi connectivity index (χ1) is 12.5. The van der Waals surface area contributed by atoms with Gasteiger partial charge < -0.3 is 4.57 Å². The number of hydrogen-bond donors (Lipinski definition) is 0. The summed E-state index contributed by atoms with van der Waals surface area (Å²) in [5.74, 6) is 2.13. The first kappa shape index (κ1) is 17.8. The van der Waals surface area contributed by atoms with E-state index in [1.165, 1.54) is 29.6 Å². The first-order valence-electron chi connectivity index (χ1n) is 7.52. The van der Waals surface area contributed by atoms with E-state index in [-0.39, 0.29) is 5.00 Å². The first-order valence-corrected chi connectivity index (χ1v) is 9.15. The molecule has 0 unspecified atom stereocenters. The molecular formula is C18H13N3O3S2. The Hall–Kier alpha value is -3.02. The molecule has 6 nitrogen and oxygen atoms in total. The van der Waals surface area contributed by atoms with Crippen molar-refractivity contribution in [3.8, 4) is 12.3 Å². The van der Waals surface area contributed by atoms with Gasteiger partial charge >= 0.3 is 5.00 Å². The van der Waals surface area contributed by atoms with E-state index < -0.39 is 10.8 Å². The third-order valence-electron chi connectivity index (χ3n) is 3.48. The van der Waals surface area contributed by atoms with Gasteiger partial charge in [0.15, 0.2) is 4.80 Å². The number of carbonyl (C=O) groups is 1. The predicted octanol–water partition coefficient (Wildman–Crippen LogP) is 3.75. The highest BCUT2D eigenvalue weighted by molar-refractivity contribution is 7.16.